The number of methoxy groups -OCH3 is 1. The molecular formula is C40H56O7. The number of phenols is 1. The number of carboxylic acid groups (broad SMARTS) is 1. The monoisotopic (exact) mass is 648 g/mol. The molecule has 5 aliphatic carbocycles. The summed E-state index contributed by atoms with van der Waals surface area (Å²) in [6, 6.07) is 4.86. The van der Waals surface area contributed by atoms with E-state index in [2.05, 4.69) is 48.1 Å². The van der Waals surface area contributed by atoms with Gasteiger partial charge in [0.05, 0.1) is 18.6 Å². The topological polar surface area (TPSA) is 113 Å². The summed E-state index contributed by atoms with van der Waals surface area (Å²) in [6.45, 7) is 18.2. The number of aliphatic hydroxyl groups is 1. The number of esters is 1. The van der Waals surface area contributed by atoms with Gasteiger partial charge in [0.1, 0.15) is 6.10 Å². The second kappa shape index (κ2) is 11.4. The molecule has 3 N–H and O–H groups in total. The summed E-state index contributed by atoms with van der Waals surface area (Å²) in [7, 11) is 1.48. The third-order valence-corrected chi connectivity index (χ3v) is 15.2. The zero-order chi connectivity index (χ0) is 34.3. The number of carboxylic acids is 1. The van der Waals surface area contributed by atoms with Crippen LogP contribution in [0.3, 0.4) is 0 Å². The molecular weight excluding hydrogens is 592 g/mol. The van der Waals surface area contributed by atoms with Crippen molar-refractivity contribution in [3.05, 3.63) is 42.0 Å². The Kier molecular flexibility index (Phi) is 8.26. The van der Waals surface area contributed by atoms with Gasteiger partial charge in [0.25, 0.3) is 0 Å². The van der Waals surface area contributed by atoms with E-state index in [1.54, 1.807) is 18.2 Å². The Balaban J connectivity index is 1.25. The van der Waals surface area contributed by atoms with Crippen LogP contribution in [0.15, 0.2) is 36.4 Å². The van der Waals surface area contributed by atoms with E-state index in [0.29, 0.717) is 29.6 Å². The Hall–Kier alpha value is -2.80. The van der Waals surface area contributed by atoms with Crippen LogP contribution in [0.5, 0.6) is 11.5 Å². The molecule has 47 heavy (non-hydrogen) atoms. The van der Waals surface area contributed by atoms with Crippen LogP contribution in [-0.2, 0) is 14.3 Å². The second-order valence-corrected chi connectivity index (χ2v) is 17.4. The highest BCUT2D eigenvalue weighted by molar-refractivity contribution is 5.87. The Bertz CT molecular complexity index is 1480. The Morgan fingerprint density at radius 2 is 1.68 bits per heavy atom. The fraction of sp³-hybridized carbons (Fsp3) is 0.700. The molecule has 5 aliphatic rings. The van der Waals surface area contributed by atoms with E-state index in [9.17, 15) is 24.9 Å². The van der Waals surface area contributed by atoms with E-state index in [0.717, 1.165) is 56.9 Å². The van der Waals surface area contributed by atoms with E-state index in [-0.39, 0.29) is 39.7 Å². The summed E-state index contributed by atoms with van der Waals surface area (Å²) in [5.74, 6) is 0.623. The minimum atomic E-state index is -0.793. The average Bonchev–Trinajstić information content (AvgIpc) is 3.40. The third-order valence-electron chi connectivity index (χ3n) is 15.2. The molecule has 0 aromatic heterocycles. The first-order chi connectivity index (χ1) is 22.0. The number of hydrogen-bond acceptors (Lipinski definition) is 6. The first-order valence-corrected chi connectivity index (χ1v) is 17.8. The number of benzene rings is 1. The van der Waals surface area contributed by atoms with Gasteiger partial charge in [-0.2, -0.15) is 0 Å². The lowest BCUT2D eigenvalue weighted by Crippen LogP contribution is -2.69. The summed E-state index contributed by atoms with van der Waals surface area (Å²) in [6.07, 6.45) is 9.62. The number of phenolic OH excluding ortho intramolecular Hbond substituents is 1. The van der Waals surface area contributed by atoms with E-state index in [1.807, 2.05) is 0 Å². The number of hydrogen-bond donors (Lipinski definition) is 3. The van der Waals surface area contributed by atoms with Crippen molar-refractivity contribution in [1.82, 2.24) is 0 Å². The minimum Gasteiger partial charge on any atom is -0.504 e. The van der Waals surface area contributed by atoms with Crippen LogP contribution < -0.4 is 4.74 Å². The largest absolute Gasteiger partial charge is 0.504 e. The smallest absolute Gasteiger partial charge is 0.331 e. The lowest BCUT2D eigenvalue weighted by Gasteiger charge is -2.73. The van der Waals surface area contributed by atoms with Crippen molar-refractivity contribution in [2.45, 2.75) is 112 Å². The zero-order valence-electron chi connectivity index (χ0n) is 29.5. The molecule has 0 heterocycles. The molecule has 1 aromatic rings. The molecule has 5 fully saturated rings. The van der Waals surface area contributed by atoms with E-state index < -0.39 is 35.0 Å². The van der Waals surface area contributed by atoms with E-state index in [1.165, 1.54) is 19.3 Å². The molecule has 0 unspecified atom stereocenters. The molecule has 6 rings (SSSR count). The molecule has 11 atom stereocenters. The third kappa shape index (κ3) is 4.83. The summed E-state index contributed by atoms with van der Waals surface area (Å²) in [5, 5.41) is 32.4. The van der Waals surface area contributed by atoms with Crippen LogP contribution in [0.1, 0.15) is 105 Å². The van der Waals surface area contributed by atoms with Crippen LogP contribution in [0, 0.1) is 56.7 Å². The first-order valence-electron chi connectivity index (χ1n) is 17.8. The maximum absolute atomic E-state index is 13.1. The lowest BCUT2D eigenvalue weighted by molar-refractivity contribution is -0.265. The van der Waals surface area contributed by atoms with Gasteiger partial charge in [-0.05, 0) is 134 Å². The Morgan fingerprint density at radius 3 is 2.34 bits per heavy atom. The van der Waals surface area contributed by atoms with Crippen molar-refractivity contribution < 1.29 is 34.4 Å². The molecule has 0 saturated heterocycles. The van der Waals surface area contributed by atoms with Crippen LogP contribution in [0.25, 0.3) is 6.08 Å². The van der Waals surface area contributed by atoms with Gasteiger partial charge >= 0.3 is 11.9 Å². The van der Waals surface area contributed by atoms with Crippen LogP contribution >= 0.6 is 0 Å². The van der Waals surface area contributed by atoms with E-state index in [4.69, 9.17) is 9.47 Å². The predicted octanol–water partition coefficient (Wildman–Crippen LogP) is 8.04. The molecule has 5 saturated carbocycles. The molecule has 1 aromatic carbocycles. The highest BCUT2D eigenvalue weighted by atomic mass is 16.6. The summed E-state index contributed by atoms with van der Waals surface area (Å²) >= 11 is 0. The summed E-state index contributed by atoms with van der Waals surface area (Å²) < 4.78 is 11.3. The molecule has 0 aliphatic heterocycles. The van der Waals surface area contributed by atoms with Crippen molar-refractivity contribution in [3.63, 3.8) is 0 Å². The highest BCUT2D eigenvalue weighted by Gasteiger charge is 2.72. The maximum atomic E-state index is 13.1. The first kappa shape index (κ1) is 34.1. The lowest BCUT2D eigenvalue weighted by atomic mass is 9.32. The summed E-state index contributed by atoms with van der Waals surface area (Å²) in [5.41, 5.74) is 0.627. The summed E-state index contributed by atoms with van der Waals surface area (Å²) in [4.78, 5) is 26.1. The predicted molar refractivity (Wildman–Crippen MR) is 182 cm³/mol. The number of allylic oxidation sites excluding steroid dienone is 1. The van der Waals surface area contributed by atoms with Gasteiger partial charge in [0.2, 0.25) is 0 Å². The van der Waals surface area contributed by atoms with Gasteiger partial charge < -0.3 is 24.8 Å². The second-order valence-electron chi connectivity index (χ2n) is 17.4. The molecule has 7 nitrogen and oxygen atoms in total. The Morgan fingerprint density at radius 1 is 0.957 bits per heavy atom. The number of fused-ring (bicyclic) bond motifs is 7. The molecule has 258 valence electrons. The van der Waals surface area contributed by atoms with Crippen molar-refractivity contribution >= 4 is 18.0 Å². The normalized spacial score (nSPS) is 43.6. The van der Waals surface area contributed by atoms with Crippen molar-refractivity contribution in [1.29, 1.82) is 0 Å². The van der Waals surface area contributed by atoms with Gasteiger partial charge in [-0.1, -0.05) is 52.8 Å². The standard InChI is InChI=1S/C40H56O7/c1-23(2)25-15-18-40(35(44)45)20-19-38(6)26(33(25)40)11-13-31-37(5)22-28(42)34(36(3,4)30(37)16-17-39(31,38)7)47-32(43)14-10-24-9-12-27(41)29(21-24)46-8/h9-10,12,14,21,25-26,28,30-31,33-34,41-42H,1,11,13,15-20,22H2,2-8H3,(H,44,45)/b14-10+/t25-,26-,28+,30-,31+,33-,34-,37-,38+,39+,40-/m0/s1. The molecule has 0 bridgehead atoms. The van der Waals surface area contributed by atoms with Crippen LogP contribution in [-0.4, -0.2) is 46.6 Å². The van der Waals surface area contributed by atoms with Gasteiger partial charge in [-0.15, -0.1) is 0 Å². The van der Waals surface area contributed by atoms with Crippen LogP contribution in [0.2, 0.25) is 0 Å². The average molecular weight is 649 g/mol. The van der Waals surface area contributed by atoms with Gasteiger partial charge in [0, 0.05) is 11.5 Å². The van der Waals surface area contributed by atoms with Crippen molar-refractivity contribution in [2.75, 3.05) is 7.11 Å². The molecule has 0 amide bonds. The number of aromatic hydroxyl groups is 1. The van der Waals surface area contributed by atoms with Gasteiger partial charge in [-0.25, -0.2) is 4.79 Å². The maximum Gasteiger partial charge on any atom is 0.331 e. The minimum absolute atomic E-state index is 0.00562. The number of rotatable bonds is 6. The van der Waals surface area contributed by atoms with Crippen molar-refractivity contribution in [2.24, 2.45) is 56.7 Å². The number of carbonyl (C=O) groups is 2. The molecule has 7 heteroatoms. The molecule has 0 spiro atoms. The number of aliphatic carboxylic acids is 1. The van der Waals surface area contributed by atoms with Crippen molar-refractivity contribution in [3.8, 4) is 11.5 Å². The van der Waals surface area contributed by atoms with Crippen LogP contribution in [0.4, 0.5) is 0 Å². The quantitative estimate of drug-likeness (QED) is 0.163. The van der Waals surface area contributed by atoms with E-state index >= 15 is 0 Å². The zero-order valence-corrected chi connectivity index (χ0v) is 29.5. The number of carbonyl (C=O) groups excluding carboxylic acids is 1. The Labute approximate surface area is 280 Å². The van der Waals surface area contributed by atoms with Gasteiger partial charge in [0.15, 0.2) is 11.5 Å². The number of ether oxygens (including phenoxy) is 2. The SMILES string of the molecule is C=C(C)[C@@H]1CC[C@]2(C(=O)O)CC[C@]3(C)[C@@H](CC[C@@H]4[C@@]5(C)C[C@@H](O)[C@H](OC(=O)/C=C/c6ccc(O)c(OC)c6)C(C)(C)[C@@H]5CC[C@]43C)[C@H]12. The fourth-order valence-electron chi connectivity index (χ4n) is 13.0. The molecule has 0 radical (unpaired) electrons. The number of aliphatic hydroxyl groups excluding tert-OH is 1. The fourth-order valence-corrected chi connectivity index (χ4v) is 13.0. The van der Waals surface area contributed by atoms with Gasteiger partial charge in [-0.3, -0.25) is 4.79 Å². The highest BCUT2D eigenvalue weighted by Crippen LogP contribution is 2.77.